The lowest BCUT2D eigenvalue weighted by molar-refractivity contribution is -0.122. The van der Waals surface area contributed by atoms with E-state index in [-0.39, 0.29) is 18.0 Å². The van der Waals surface area contributed by atoms with Crippen LogP contribution in [-0.4, -0.2) is 55.2 Å². The molecule has 2 amide bonds. The number of piperidine rings is 2. The molecule has 120 valence electrons. The molecular weight excluding hydrogens is 270 g/mol. The summed E-state index contributed by atoms with van der Waals surface area (Å²) in [5.41, 5.74) is 0. The predicted octanol–water partition coefficient (Wildman–Crippen LogP) is 1.26. The molecule has 0 aromatic heterocycles. The van der Waals surface area contributed by atoms with E-state index in [9.17, 15) is 9.59 Å². The number of hydrogen-bond acceptors (Lipinski definition) is 4. The number of rotatable bonds is 4. The van der Waals surface area contributed by atoms with Gasteiger partial charge in [-0.1, -0.05) is 6.42 Å². The van der Waals surface area contributed by atoms with Gasteiger partial charge in [-0.25, -0.2) is 4.79 Å². The molecule has 2 saturated heterocycles. The van der Waals surface area contributed by atoms with Crippen LogP contribution in [0.4, 0.5) is 4.79 Å². The maximum atomic E-state index is 12.0. The van der Waals surface area contributed by atoms with Crippen molar-refractivity contribution < 1.29 is 14.3 Å². The van der Waals surface area contributed by atoms with E-state index < -0.39 is 0 Å². The zero-order valence-electron chi connectivity index (χ0n) is 12.9. The molecule has 0 saturated carbocycles. The van der Waals surface area contributed by atoms with Gasteiger partial charge < -0.3 is 20.3 Å². The van der Waals surface area contributed by atoms with Crippen LogP contribution in [0.2, 0.25) is 0 Å². The fourth-order valence-corrected chi connectivity index (χ4v) is 3.03. The second kappa shape index (κ2) is 8.22. The summed E-state index contributed by atoms with van der Waals surface area (Å²) >= 11 is 0. The van der Waals surface area contributed by atoms with Gasteiger partial charge in [0, 0.05) is 31.6 Å². The molecule has 0 spiro atoms. The maximum Gasteiger partial charge on any atom is 0.409 e. The number of hydrogen-bond donors (Lipinski definition) is 2. The van der Waals surface area contributed by atoms with Gasteiger partial charge in [0.25, 0.3) is 0 Å². The summed E-state index contributed by atoms with van der Waals surface area (Å²) in [6.07, 6.45) is 5.46. The highest BCUT2D eigenvalue weighted by Gasteiger charge is 2.25. The van der Waals surface area contributed by atoms with Crippen LogP contribution in [-0.2, 0) is 9.53 Å². The van der Waals surface area contributed by atoms with Gasteiger partial charge in [0.15, 0.2) is 0 Å². The van der Waals surface area contributed by atoms with Crippen molar-refractivity contribution >= 4 is 12.0 Å². The number of nitrogens with zero attached hydrogens (tertiary/aromatic N) is 1. The Kier molecular flexibility index (Phi) is 6.29. The fraction of sp³-hybridized carbons (Fsp3) is 0.867. The molecule has 2 fully saturated rings. The van der Waals surface area contributed by atoms with E-state index in [1.807, 2.05) is 6.92 Å². The van der Waals surface area contributed by atoms with Crippen LogP contribution in [0.15, 0.2) is 0 Å². The minimum Gasteiger partial charge on any atom is -0.450 e. The second-order valence-electron chi connectivity index (χ2n) is 5.88. The summed E-state index contributed by atoms with van der Waals surface area (Å²) in [6.45, 7) is 4.56. The molecule has 6 heteroatoms. The number of ether oxygens (including phenoxy) is 1. The SMILES string of the molecule is CCOC(=O)N1CCC(NC(=O)CC2CCCCN2)CC1. The Morgan fingerprint density at radius 1 is 1.24 bits per heavy atom. The molecule has 2 rings (SSSR count). The lowest BCUT2D eigenvalue weighted by atomic mass is 10.0. The highest BCUT2D eigenvalue weighted by molar-refractivity contribution is 5.77. The summed E-state index contributed by atoms with van der Waals surface area (Å²) in [7, 11) is 0. The average molecular weight is 297 g/mol. The zero-order valence-corrected chi connectivity index (χ0v) is 12.9. The Hall–Kier alpha value is -1.30. The molecule has 1 atom stereocenters. The number of carbonyl (C=O) groups is 2. The van der Waals surface area contributed by atoms with Crippen molar-refractivity contribution in [2.75, 3.05) is 26.2 Å². The van der Waals surface area contributed by atoms with Crippen molar-refractivity contribution in [2.24, 2.45) is 0 Å². The van der Waals surface area contributed by atoms with Gasteiger partial charge in [0.05, 0.1) is 6.61 Å². The minimum atomic E-state index is -0.242. The normalized spacial score (nSPS) is 23.7. The minimum absolute atomic E-state index is 0.129. The van der Waals surface area contributed by atoms with Crippen molar-refractivity contribution in [2.45, 2.75) is 57.5 Å². The summed E-state index contributed by atoms with van der Waals surface area (Å²) in [5, 5.41) is 6.49. The third-order valence-corrected chi connectivity index (χ3v) is 4.23. The topological polar surface area (TPSA) is 70.7 Å². The molecule has 0 aromatic carbocycles. The first-order valence-electron chi connectivity index (χ1n) is 8.13. The second-order valence-corrected chi connectivity index (χ2v) is 5.88. The number of nitrogens with one attached hydrogen (secondary N) is 2. The fourth-order valence-electron chi connectivity index (χ4n) is 3.03. The zero-order chi connectivity index (χ0) is 15.1. The van der Waals surface area contributed by atoms with Crippen LogP contribution in [0.1, 0.15) is 45.4 Å². The Balaban J connectivity index is 1.65. The van der Waals surface area contributed by atoms with Crippen molar-refractivity contribution in [1.82, 2.24) is 15.5 Å². The highest BCUT2D eigenvalue weighted by Crippen LogP contribution is 2.13. The molecule has 21 heavy (non-hydrogen) atoms. The molecule has 0 bridgehead atoms. The van der Waals surface area contributed by atoms with Crippen LogP contribution >= 0.6 is 0 Å². The highest BCUT2D eigenvalue weighted by atomic mass is 16.6. The molecule has 0 radical (unpaired) electrons. The first-order chi connectivity index (χ1) is 10.2. The number of carbonyl (C=O) groups excluding carboxylic acids is 2. The first-order valence-corrected chi connectivity index (χ1v) is 8.13. The van der Waals surface area contributed by atoms with Crippen molar-refractivity contribution in [1.29, 1.82) is 0 Å². The van der Waals surface area contributed by atoms with Crippen LogP contribution in [0.3, 0.4) is 0 Å². The van der Waals surface area contributed by atoms with E-state index in [0.717, 1.165) is 25.8 Å². The summed E-state index contributed by atoms with van der Waals surface area (Å²) in [5.74, 6) is 0.129. The summed E-state index contributed by atoms with van der Waals surface area (Å²) in [6, 6.07) is 0.519. The number of likely N-dealkylation sites (tertiary alicyclic amines) is 1. The van der Waals surface area contributed by atoms with Crippen LogP contribution in [0.25, 0.3) is 0 Å². The molecule has 0 aromatic rings. The van der Waals surface area contributed by atoms with E-state index in [4.69, 9.17) is 4.74 Å². The Morgan fingerprint density at radius 2 is 2.00 bits per heavy atom. The predicted molar refractivity (Wildman–Crippen MR) is 80.0 cm³/mol. The van der Waals surface area contributed by atoms with E-state index in [2.05, 4.69) is 10.6 Å². The standard InChI is InChI=1S/C15H27N3O3/c1-2-21-15(20)18-9-6-12(7-10-18)17-14(19)11-13-5-3-4-8-16-13/h12-13,16H,2-11H2,1H3,(H,17,19). The smallest absolute Gasteiger partial charge is 0.409 e. The molecule has 2 heterocycles. The first kappa shape index (κ1) is 16.1. The van der Waals surface area contributed by atoms with E-state index in [1.54, 1.807) is 4.90 Å². The van der Waals surface area contributed by atoms with Crippen LogP contribution in [0.5, 0.6) is 0 Å². The quantitative estimate of drug-likeness (QED) is 0.819. The van der Waals surface area contributed by atoms with E-state index in [0.29, 0.717) is 32.2 Å². The molecule has 2 aliphatic heterocycles. The lowest BCUT2D eigenvalue weighted by Gasteiger charge is -2.32. The Labute approximate surface area is 126 Å². The van der Waals surface area contributed by atoms with Crippen LogP contribution < -0.4 is 10.6 Å². The summed E-state index contributed by atoms with van der Waals surface area (Å²) in [4.78, 5) is 25.4. The molecule has 6 nitrogen and oxygen atoms in total. The van der Waals surface area contributed by atoms with Gasteiger partial charge in [-0.05, 0) is 39.2 Å². The van der Waals surface area contributed by atoms with Gasteiger partial charge in [0.2, 0.25) is 5.91 Å². The molecule has 2 N–H and O–H groups in total. The van der Waals surface area contributed by atoms with E-state index in [1.165, 1.54) is 12.8 Å². The average Bonchev–Trinajstić information content (AvgIpc) is 2.49. The Bertz CT molecular complexity index is 348. The third-order valence-electron chi connectivity index (χ3n) is 4.23. The molecule has 2 aliphatic rings. The maximum absolute atomic E-state index is 12.0. The van der Waals surface area contributed by atoms with Crippen molar-refractivity contribution in [3.8, 4) is 0 Å². The van der Waals surface area contributed by atoms with Gasteiger partial charge >= 0.3 is 6.09 Å². The largest absolute Gasteiger partial charge is 0.450 e. The van der Waals surface area contributed by atoms with Gasteiger partial charge in [-0.3, -0.25) is 4.79 Å². The lowest BCUT2D eigenvalue weighted by Crippen LogP contribution is -2.48. The van der Waals surface area contributed by atoms with E-state index >= 15 is 0 Å². The third kappa shape index (κ3) is 5.19. The van der Waals surface area contributed by atoms with Crippen molar-refractivity contribution in [3.63, 3.8) is 0 Å². The Morgan fingerprint density at radius 3 is 2.62 bits per heavy atom. The molecular formula is C15H27N3O3. The van der Waals surface area contributed by atoms with Gasteiger partial charge in [0.1, 0.15) is 0 Å². The monoisotopic (exact) mass is 297 g/mol. The summed E-state index contributed by atoms with van der Waals surface area (Å²) < 4.78 is 4.99. The number of amides is 2. The molecule has 0 aliphatic carbocycles. The van der Waals surface area contributed by atoms with Crippen molar-refractivity contribution in [3.05, 3.63) is 0 Å². The molecule has 1 unspecified atom stereocenters. The van der Waals surface area contributed by atoms with Gasteiger partial charge in [-0.15, -0.1) is 0 Å². The van der Waals surface area contributed by atoms with Crippen LogP contribution in [0, 0.1) is 0 Å². The van der Waals surface area contributed by atoms with Gasteiger partial charge in [-0.2, -0.15) is 0 Å².